The number of sulfonamides is 1. The van der Waals surface area contributed by atoms with E-state index in [-0.39, 0.29) is 17.2 Å². The number of nitrogens with zero attached hydrogens (tertiary/aromatic N) is 4. The molecule has 2 aromatic heterocycles. The van der Waals surface area contributed by atoms with Crippen LogP contribution in [0, 0.1) is 19.7 Å². The zero-order valence-corrected chi connectivity index (χ0v) is 18.7. The van der Waals surface area contributed by atoms with Crippen LogP contribution in [0.5, 0.6) is 0 Å². The number of carbonyl (C=O) groups excluding carboxylic acids is 1. The molecule has 0 unspecified atom stereocenters. The number of aromatic nitrogens is 4. The van der Waals surface area contributed by atoms with Gasteiger partial charge in [-0.25, -0.2) is 22.3 Å². The van der Waals surface area contributed by atoms with Crippen molar-refractivity contribution < 1.29 is 17.6 Å². The predicted molar refractivity (Wildman–Crippen MR) is 121 cm³/mol. The van der Waals surface area contributed by atoms with Crippen molar-refractivity contribution in [2.45, 2.75) is 31.6 Å². The van der Waals surface area contributed by atoms with Crippen LogP contribution in [0.4, 0.5) is 15.8 Å². The fourth-order valence-electron chi connectivity index (χ4n) is 3.43. The second-order valence-corrected chi connectivity index (χ2v) is 9.10. The number of anilines is 2. The third-order valence-corrected chi connectivity index (χ3v) is 6.53. The molecule has 170 valence electrons. The Morgan fingerprint density at radius 1 is 1.03 bits per heavy atom. The first-order valence-electron chi connectivity index (χ1n) is 10.1. The maximum absolute atomic E-state index is 13.0. The molecule has 2 aromatic carbocycles. The average molecular weight is 469 g/mol. The summed E-state index contributed by atoms with van der Waals surface area (Å²) in [7, 11) is -3.85. The number of hydrogen-bond donors (Lipinski definition) is 2. The number of nitrogens with one attached hydrogen (secondary N) is 2. The van der Waals surface area contributed by atoms with Gasteiger partial charge >= 0.3 is 0 Å². The highest BCUT2D eigenvalue weighted by Gasteiger charge is 2.15. The Labute approximate surface area is 189 Å². The molecule has 0 bridgehead atoms. The summed E-state index contributed by atoms with van der Waals surface area (Å²) in [6, 6.07) is 10.8. The Morgan fingerprint density at radius 3 is 2.39 bits per heavy atom. The van der Waals surface area contributed by atoms with Crippen LogP contribution < -0.4 is 10.0 Å². The number of carbonyl (C=O) groups is 1. The molecule has 0 spiro atoms. The lowest BCUT2D eigenvalue weighted by Crippen LogP contribution is -2.15. The zero-order valence-electron chi connectivity index (χ0n) is 17.9. The fourth-order valence-corrected chi connectivity index (χ4v) is 4.49. The lowest BCUT2D eigenvalue weighted by Gasteiger charge is -2.11. The molecule has 33 heavy (non-hydrogen) atoms. The molecule has 0 aliphatic rings. The Kier molecular flexibility index (Phi) is 6.05. The summed E-state index contributed by atoms with van der Waals surface area (Å²) in [5.74, 6) is -0.185. The van der Waals surface area contributed by atoms with Crippen molar-refractivity contribution in [1.29, 1.82) is 0 Å². The molecule has 0 saturated carbocycles. The average Bonchev–Trinajstić information content (AvgIpc) is 3.24. The van der Waals surface area contributed by atoms with E-state index in [2.05, 4.69) is 25.1 Å². The normalized spacial score (nSPS) is 11.5. The standard InChI is InChI=1S/C22H21FN6O3S/c1-14-20(15(2)29-22(26-14)24-13-25-29)11-12-21(30)27-17-5-7-18(8-6-17)28-33(31,32)19-9-3-16(23)4-10-19/h3-10,13,28H,11-12H2,1-2H3,(H,27,30). The molecule has 0 radical (unpaired) electrons. The van der Waals surface area contributed by atoms with Crippen molar-refractivity contribution >= 4 is 33.1 Å². The number of hydrogen-bond acceptors (Lipinski definition) is 6. The fraction of sp³-hybridized carbons (Fsp3) is 0.182. The van der Waals surface area contributed by atoms with Crippen molar-refractivity contribution in [3.05, 3.63) is 77.6 Å². The highest BCUT2D eigenvalue weighted by Crippen LogP contribution is 2.20. The highest BCUT2D eigenvalue weighted by atomic mass is 32.2. The van der Waals surface area contributed by atoms with E-state index >= 15 is 0 Å². The van der Waals surface area contributed by atoms with Crippen molar-refractivity contribution in [1.82, 2.24) is 19.6 Å². The lowest BCUT2D eigenvalue weighted by molar-refractivity contribution is -0.116. The minimum atomic E-state index is -3.85. The van der Waals surface area contributed by atoms with Crippen molar-refractivity contribution in [3.8, 4) is 0 Å². The van der Waals surface area contributed by atoms with Gasteiger partial charge in [-0.2, -0.15) is 10.1 Å². The monoisotopic (exact) mass is 468 g/mol. The van der Waals surface area contributed by atoms with Crippen LogP contribution in [0.1, 0.15) is 23.4 Å². The van der Waals surface area contributed by atoms with Crippen molar-refractivity contribution in [3.63, 3.8) is 0 Å². The van der Waals surface area contributed by atoms with Crippen LogP contribution in [0.25, 0.3) is 5.78 Å². The van der Waals surface area contributed by atoms with E-state index in [1.54, 1.807) is 16.6 Å². The Balaban J connectivity index is 1.37. The first kappa shape index (κ1) is 22.3. The molecule has 11 heteroatoms. The summed E-state index contributed by atoms with van der Waals surface area (Å²) in [5.41, 5.74) is 3.48. The van der Waals surface area contributed by atoms with E-state index in [0.717, 1.165) is 29.1 Å². The van der Waals surface area contributed by atoms with E-state index in [1.165, 1.54) is 30.6 Å². The van der Waals surface area contributed by atoms with Gasteiger partial charge in [-0.3, -0.25) is 9.52 Å². The third kappa shape index (κ3) is 4.98. The second-order valence-electron chi connectivity index (χ2n) is 7.42. The SMILES string of the molecule is Cc1nc2ncnn2c(C)c1CCC(=O)Nc1ccc(NS(=O)(=O)c2ccc(F)cc2)cc1. The smallest absolute Gasteiger partial charge is 0.261 e. The molecular formula is C22H21FN6O3S. The Bertz CT molecular complexity index is 1420. The minimum absolute atomic E-state index is 0.0505. The van der Waals surface area contributed by atoms with E-state index in [0.29, 0.717) is 23.6 Å². The zero-order chi connectivity index (χ0) is 23.6. The van der Waals surface area contributed by atoms with E-state index in [9.17, 15) is 17.6 Å². The minimum Gasteiger partial charge on any atom is -0.326 e. The number of rotatable bonds is 7. The first-order chi connectivity index (χ1) is 15.7. The summed E-state index contributed by atoms with van der Waals surface area (Å²) in [5, 5.41) is 6.95. The van der Waals surface area contributed by atoms with Gasteiger partial charge in [0.25, 0.3) is 15.8 Å². The maximum Gasteiger partial charge on any atom is 0.261 e. The molecule has 9 nitrogen and oxygen atoms in total. The number of aryl methyl sites for hydroxylation is 2. The van der Waals surface area contributed by atoms with Crippen LogP contribution in [0.3, 0.4) is 0 Å². The van der Waals surface area contributed by atoms with Gasteiger partial charge in [0, 0.05) is 29.2 Å². The molecule has 0 atom stereocenters. The molecule has 2 N–H and O–H groups in total. The van der Waals surface area contributed by atoms with Gasteiger partial charge in [0.2, 0.25) is 5.91 Å². The molecule has 0 aliphatic carbocycles. The Hall–Kier alpha value is -3.86. The van der Waals surface area contributed by atoms with Crippen LogP contribution in [-0.4, -0.2) is 33.9 Å². The number of fused-ring (bicyclic) bond motifs is 1. The first-order valence-corrected chi connectivity index (χ1v) is 11.6. The molecular weight excluding hydrogens is 447 g/mol. The van der Waals surface area contributed by atoms with Crippen LogP contribution in [-0.2, 0) is 21.2 Å². The predicted octanol–water partition coefficient (Wildman–Crippen LogP) is 3.25. The van der Waals surface area contributed by atoms with E-state index < -0.39 is 15.8 Å². The number of amides is 1. The molecule has 4 rings (SSSR count). The van der Waals surface area contributed by atoms with Crippen LogP contribution in [0.2, 0.25) is 0 Å². The Morgan fingerprint density at radius 2 is 1.70 bits per heavy atom. The summed E-state index contributed by atoms with van der Waals surface area (Å²) in [6.07, 6.45) is 2.17. The van der Waals surface area contributed by atoms with Gasteiger partial charge in [0.05, 0.1) is 4.90 Å². The quantitative estimate of drug-likeness (QED) is 0.430. The third-order valence-electron chi connectivity index (χ3n) is 5.14. The molecule has 0 fully saturated rings. The van der Waals surface area contributed by atoms with Gasteiger partial charge in [0.15, 0.2) is 0 Å². The van der Waals surface area contributed by atoms with Gasteiger partial charge in [-0.15, -0.1) is 0 Å². The van der Waals surface area contributed by atoms with Crippen molar-refractivity contribution in [2.24, 2.45) is 0 Å². The van der Waals surface area contributed by atoms with E-state index in [4.69, 9.17) is 0 Å². The largest absolute Gasteiger partial charge is 0.326 e. The van der Waals surface area contributed by atoms with Gasteiger partial charge in [0.1, 0.15) is 12.1 Å². The van der Waals surface area contributed by atoms with Crippen molar-refractivity contribution in [2.75, 3.05) is 10.0 Å². The molecule has 0 saturated heterocycles. The number of benzene rings is 2. The molecule has 1 amide bonds. The highest BCUT2D eigenvalue weighted by molar-refractivity contribution is 7.92. The molecule has 4 aromatic rings. The molecule has 2 heterocycles. The van der Waals surface area contributed by atoms with Gasteiger partial charge < -0.3 is 5.32 Å². The second kappa shape index (κ2) is 8.94. The van der Waals surface area contributed by atoms with Crippen LogP contribution in [0.15, 0.2) is 59.8 Å². The topological polar surface area (TPSA) is 118 Å². The van der Waals surface area contributed by atoms with E-state index in [1.807, 2.05) is 13.8 Å². The maximum atomic E-state index is 13.0. The summed E-state index contributed by atoms with van der Waals surface area (Å²) >= 11 is 0. The summed E-state index contributed by atoms with van der Waals surface area (Å²) in [6.45, 7) is 3.79. The van der Waals surface area contributed by atoms with Crippen LogP contribution >= 0.6 is 0 Å². The lowest BCUT2D eigenvalue weighted by atomic mass is 10.1. The number of halogens is 1. The van der Waals surface area contributed by atoms with Gasteiger partial charge in [-0.05, 0) is 74.4 Å². The molecule has 0 aliphatic heterocycles. The van der Waals surface area contributed by atoms with Gasteiger partial charge in [-0.1, -0.05) is 0 Å². The summed E-state index contributed by atoms with van der Waals surface area (Å²) in [4.78, 5) is 20.9. The summed E-state index contributed by atoms with van der Waals surface area (Å²) < 4.78 is 41.9.